The van der Waals surface area contributed by atoms with Crippen molar-refractivity contribution in [3.8, 4) is 11.5 Å². The molecule has 0 radical (unpaired) electrons. The molecular formula is C26H26N4O2S. The van der Waals surface area contributed by atoms with Gasteiger partial charge in [-0.3, -0.25) is 0 Å². The summed E-state index contributed by atoms with van der Waals surface area (Å²) >= 11 is 1.59. The van der Waals surface area contributed by atoms with Gasteiger partial charge in [-0.1, -0.05) is 65.9 Å². The summed E-state index contributed by atoms with van der Waals surface area (Å²) in [6.07, 6.45) is 3.36. The molecule has 0 bridgehead atoms. The summed E-state index contributed by atoms with van der Waals surface area (Å²) in [7, 11) is 1.64. The molecular weight excluding hydrogens is 432 g/mol. The molecule has 4 aromatic rings. The zero-order valence-electron chi connectivity index (χ0n) is 18.9. The van der Waals surface area contributed by atoms with Gasteiger partial charge in [0, 0.05) is 5.75 Å². The van der Waals surface area contributed by atoms with E-state index in [1.54, 1.807) is 36.1 Å². The van der Waals surface area contributed by atoms with Crippen LogP contribution in [0.15, 0.2) is 83.3 Å². The first-order valence-electron chi connectivity index (χ1n) is 10.6. The second kappa shape index (κ2) is 10.8. The van der Waals surface area contributed by atoms with Crippen molar-refractivity contribution >= 4 is 18.0 Å². The van der Waals surface area contributed by atoms with Crippen LogP contribution >= 0.6 is 11.8 Å². The van der Waals surface area contributed by atoms with E-state index in [1.165, 1.54) is 16.7 Å². The standard InChI is InChI=1S/C26H26N4O2S/c1-19-8-10-21(11-9-19)17-33-26-29-27-18-30(26)28-15-22-12-13-24(25(14-22)31-3)32-16-23-7-5-4-6-20(23)2/h4-15,18H,16-17H2,1-3H3/b28-15-. The molecule has 0 unspecified atom stereocenters. The van der Waals surface area contributed by atoms with E-state index in [0.29, 0.717) is 18.1 Å². The average molecular weight is 459 g/mol. The predicted octanol–water partition coefficient (Wildman–Crippen LogP) is 5.66. The van der Waals surface area contributed by atoms with E-state index in [9.17, 15) is 0 Å². The van der Waals surface area contributed by atoms with Crippen LogP contribution in [0, 0.1) is 13.8 Å². The van der Waals surface area contributed by atoms with Crippen LogP contribution in [-0.4, -0.2) is 28.2 Å². The Morgan fingerprint density at radius 2 is 1.82 bits per heavy atom. The van der Waals surface area contributed by atoms with Gasteiger partial charge in [0.1, 0.15) is 12.9 Å². The third-order valence-corrected chi connectivity index (χ3v) is 6.16. The van der Waals surface area contributed by atoms with Gasteiger partial charge in [-0.05, 0) is 54.3 Å². The zero-order valence-corrected chi connectivity index (χ0v) is 19.7. The molecule has 7 heteroatoms. The van der Waals surface area contributed by atoms with Crippen molar-refractivity contribution in [1.82, 2.24) is 14.9 Å². The summed E-state index contributed by atoms with van der Waals surface area (Å²) in [5, 5.41) is 13.4. The Bertz CT molecular complexity index is 1240. The molecule has 0 fully saturated rings. The van der Waals surface area contributed by atoms with Crippen molar-refractivity contribution in [1.29, 1.82) is 0 Å². The summed E-state index contributed by atoms with van der Waals surface area (Å²) in [4.78, 5) is 0. The number of thioether (sulfide) groups is 1. The Balaban J connectivity index is 1.41. The SMILES string of the molecule is COc1cc(/C=N\n2cnnc2SCc2ccc(C)cc2)ccc1OCc1ccccc1C. The van der Waals surface area contributed by atoms with Crippen molar-refractivity contribution in [2.75, 3.05) is 7.11 Å². The number of ether oxygens (including phenoxy) is 2. The molecule has 1 heterocycles. The zero-order chi connectivity index (χ0) is 23.0. The number of methoxy groups -OCH3 is 1. The lowest BCUT2D eigenvalue weighted by Crippen LogP contribution is -2.00. The van der Waals surface area contributed by atoms with Crippen LogP contribution in [0.4, 0.5) is 0 Å². The first-order valence-corrected chi connectivity index (χ1v) is 11.6. The van der Waals surface area contributed by atoms with E-state index in [-0.39, 0.29) is 0 Å². The largest absolute Gasteiger partial charge is 0.493 e. The predicted molar refractivity (Wildman–Crippen MR) is 132 cm³/mol. The summed E-state index contributed by atoms with van der Waals surface area (Å²) in [5.74, 6) is 2.15. The van der Waals surface area contributed by atoms with Crippen LogP contribution in [0.5, 0.6) is 11.5 Å². The molecule has 0 atom stereocenters. The molecule has 168 valence electrons. The fourth-order valence-electron chi connectivity index (χ4n) is 3.17. The molecule has 0 spiro atoms. The molecule has 3 aromatic carbocycles. The maximum absolute atomic E-state index is 6.00. The van der Waals surface area contributed by atoms with Crippen LogP contribution in [0.2, 0.25) is 0 Å². The number of benzene rings is 3. The lowest BCUT2D eigenvalue weighted by Gasteiger charge is -2.12. The van der Waals surface area contributed by atoms with Gasteiger partial charge in [0.05, 0.1) is 13.3 Å². The molecule has 1 aromatic heterocycles. The first-order chi connectivity index (χ1) is 16.1. The molecule has 0 aliphatic rings. The van der Waals surface area contributed by atoms with Crippen molar-refractivity contribution in [3.05, 3.63) is 101 Å². The van der Waals surface area contributed by atoms with Crippen molar-refractivity contribution in [3.63, 3.8) is 0 Å². The van der Waals surface area contributed by atoms with Gasteiger partial charge >= 0.3 is 0 Å². The van der Waals surface area contributed by atoms with Crippen LogP contribution in [0.25, 0.3) is 0 Å². The Hall–Kier alpha value is -3.58. The third-order valence-electron chi connectivity index (χ3n) is 5.15. The number of aryl methyl sites for hydroxylation is 2. The van der Waals surface area contributed by atoms with E-state index in [0.717, 1.165) is 22.0 Å². The van der Waals surface area contributed by atoms with Crippen LogP contribution < -0.4 is 9.47 Å². The topological polar surface area (TPSA) is 61.5 Å². The van der Waals surface area contributed by atoms with Gasteiger partial charge < -0.3 is 9.47 Å². The lowest BCUT2D eigenvalue weighted by molar-refractivity contribution is 0.284. The molecule has 0 saturated carbocycles. The van der Waals surface area contributed by atoms with Gasteiger partial charge in [-0.25, -0.2) is 0 Å². The fourth-order valence-corrected chi connectivity index (χ4v) is 3.99. The summed E-state index contributed by atoms with van der Waals surface area (Å²) in [6, 6.07) is 22.4. The normalized spacial score (nSPS) is 11.1. The fraction of sp³-hybridized carbons (Fsp3) is 0.192. The molecule has 6 nitrogen and oxygen atoms in total. The molecule has 0 amide bonds. The average Bonchev–Trinajstić information content (AvgIpc) is 3.29. The highest BCUT2D eigenvalue weighted by Gasteiger charge is 2.08. The summed E-state index contributed by atoms with van der Waals surface area (Å²) in [6.45, 7) is 4.65. The molecule has 33 heavy (non-hydrogen) atoms. The Kier molecular flexibility index (Phi) is 7.42. The van der Waals surface area contributed by atoms with Gasteiger partial charge in [-0.2, -0.15) is 9.78 Å². The molecule has 0 aliphatic heterocycles. The Labute approximate surface area is 198 Å². The first kappa shape index (κ1) is 22.6. The van der Waals surface area contributed by atoms with E-state index < -0.39 is 0 Å². The minimum Gasteiger partial charge on any atom is -0.493 e. The maximum atomic E-state index is 6.00. The number of nitrogens with zero attached hydrogens (tertiary/aromatic N) is 4. The summed E-state index contributed by atoms with van der Waals surface area (Å²) < 4.78 is 13.2. The highest BCUT2D eigenvalue weighted by atomic mass is 32.2. The van der Waals surface area contributed by atoms with E-state index in [4.69, 9.17) is 9.47 Å². The third kappa shape index (κ3) is 6.02. The van der Waals surface area contributed by atoms with Crippen LogP contribution in [0.3, 0.4) is 0 Å². The Morgan fingerprint density at radius 3 is 2.61 bits per heavy atom. The van der Waals surface area contributed by atoms with E-state index >= 15 is 0 Å². The highest BCUT2D eigenvalue weighted by Crippen LogP contribution is 2.29. The Morgan fingerprint density at radius 1 is 1.00 bits per heavy atom. The van der Waals surface area contributed by atoms with E-state index in [2.05, 4.69) is 65.5 Å². The maximum Gasteiger partial charge on any atom is 0.212 e. The molecule has 0 aliphatic carbocycles. The molecule has 0 N–H and O–H groups in total. The number of aromatic nitrogens is 3. The van der Waals surface area contributed by atoms with Crippen LogP contribution in [-0.2, 0) is 12.4 Å². The second-order valence-corrected chi connectivity index (χ2v) is 8.54. The van der Waals surface area contributed by atoms with Gasteiger partial charge in [0.15, 0.2) is 11.5 Å². The van der Waals surface area contributed by atoms with Crippen molar-refractivity contribution in [2.45, 2.75) is 31.4 Å². The van der Waals surface area contributed by atoms with E-state index in [1.807, 2.05) is 30.3 Å². The monoisotopic (exact) mass is 458 g/mol. The van der Waals surface area contributed by atoms with Crippen molar-refractivity contribution in [2.24, 2.45) is 5.10 Å². The lowest BCUT2D eigenvalue weighted by atomic mass is 10.1. The number of hydrogen-bond acceptors (Lipinski definition) is 6. The highest BCUT2D eigenvalue weighted by molar-refractivity contribution is 7.98. The van der Waals surface area contributed by atoms with Crippen molar-refractivity contribution < 1.29 is 9.47 Å². The van der Waals surface area contributed by atoms with Gasteiger partial charge in [0.25, 0.3) is 0 Å². The van der Waals surface area contributed by atoms with Gasteiger partial charge in [-0.15, -0.1) is 10.2 Å². The second-order valence-electron chi connectivity index (χ2n) is 7.60. The van der Waals surface area contributed by atoms with Crippen LogP contribution in [0.1, 0.15) is 27.8 Å². The summed E-state index contributed by atoms with van der Waals surface area (Å²) in [5.41, 5.74) is 5.71. The molecule has 4 rings (SSSR count). The smallest absolute Gasteiger partial charge is 0.212 e. The quantitative estimate of drug-likeness (QED) is 0.239. The minimum atomic E-state index is 0.485. The number of hydrogen-bond donors (Lipinski definition) is 0. The molecule has 0 saturated heterocycles. The number of rotatable bonds is 9. The minimum absolute atomic E-state index is 0.485. The van der Waals surface area contributed by atoms with Gasteiger partial charge in [0.2, 0.25) is 5.16 Å².